The molecule has 0 bridgehead atoms. The molecule has 1 unspecified atom stereocenters. The lowest BCUT2D eigenvalue weighted by Gasteiger charge is -2.16. The second kappa shape index (κ2) is 10.9. The van der Waals surface area contributed by atoms with Crippen LogP contribution in [0.4, 0.5) is 0 Å². The van der Waals surface area contributed by atoms with Crippen molar-refractivity contribution in [3.8, 4) is 17.2 Å². The number of halogens is 2. The van der Waals surface area contributed by atoms with Gasteiger partial charge in [0.15, 0.2) is 17.6 Å². The maximum absolute atomic E-state index is 12.3. The highest BCUT2D eigenvalue weighted by Gasteiger charge is 2.18. The average Bonchev–Trinajstić information content (AvgIpc) is 2.71. The summed E-state index contributed by atoms with van der Waals surface area (Å²) in [4.78, 5) is 24.5. The van der Waals surface area contributed by atoms with Gasteiger partial charge < -0.3 is 14.2 Å². The van der Waals surface area contributed by atoms with E-state index in [1.807, 2.05) is 6.92 Å². The summed E-state index contributed by atoms with van der Waals surface area (Å²) in [7, 11) is 1.49. The fraction of sp³-hybridized carbons (Fsp3) is 0.300. The first-order valence-corrected chi connectivity index (χ1v) is 10.1. The van der Waals surface area contributed by atoms with E-state index in [-0.39, 0.29) is 0 Å². The Hall–Kier alpha value is -2.45. The van der Waals surface area contributed by atoms with Crippen LogP contribution in [0.1, 0.15) is 30.6 Å². The van der Waals surface area contributed by atoms with E-state index in [0.717, 1.165) is 6.42 Å². The van der Waals surface area contributed by atoms with Gasteiger partial charge in [-0.2, -0.15) is 0 Å². The normalized spacial score (nSPS) is 11.3. The van der Waals surface area contributed by atoms with E-state index in [0.29, 0.717) is 38.9 Å². The van der Waals surface area contributed by atoms with Crippen LogP contribution in [0.5, 0.6) is 17.2 Å². The summed E-state index contributed by atoms with van der Waals surface area (Å²) in [5.74, 6) is 0.414. The molecule has 1 atom stereocenters. The summed E-state index contributed by atoms with van der Waals surface area (Å²) < 4.78 is 17.0. The molecule has 2 amide bonds. The van der Waals surface area contributed by atoms with E-state index in [9.17, 15) is 9.59 Å². The standard InChI is InChI=1S/C20H22BrClN2O5/c1-4-9-28-17-7-5-13(10-18(17)27-3)20(26)24-23-19(25)12(2)29-16-8-6-14(22)11-15(16)21/h5-8,10-12H,4,9H2,1-3H3,(H,23,25)(H,24,26). The fourth-order valence-corrected chi connectivity index (χ4v) is 3.02. The Kier molecular flexibility index (Phi) is 8.60. The van der Waals surface area contributed by atoms with Crippen molar-refractivity contribution in [2.75, 3.05) is 13.7 Å². The molecular formula is C20H22BrClN2O5. The van der Waals surface area contributed by atoms with Crippen molar-refractivity contribution in [1.29, 1.82) is 0 Å². The smallest absolute Gasteiger partial charge is 0.279 e. The molecule has 0 saturated heterocycles. The number of carbonyl (C=O) groups is 2. The summed E-state index contributed by atoms with van der Waals surface area (Å²) in [6.45, 7) is 4.10. The predicted octanol–water partition coefficient (Wildman–Crippen LogP) is 4.13. The van der Waals surface area contributed by atoms with Crippen molar-refractivity contribution in [3.63, 3.8) is 0 Å². The average molecular weight is 486 g/mol. The molecule has 2 rings (SSSR count). The van der Waals surface area contributed by atoms with Gasteiger partial charge in [0.05, 0.1) is 18.2 Å². The van der Waals surface area contributed by atoms with Crippen LogP contribution >= 0.6 is 27.5 Å². The van der Waals surface area contributed by atoms with E-state index >= 15 is 0 Å². The Morgan fingerprint density at radius 2 is 1.83 bits per heavy atom. The van der Waals surface area contributed by atoms with Crippen LogP contribution in [0.2, 0.25) is 5.02 Å². The lowest BCUT2D eigenvalue weighted by Crippen LogP contribution is -2.47. The van der Waals surface area contributed by atoms with E-state index in [4.69, 9.17) is 25.8 Å². The minimum atomic E-state index is -0.855. The van der Waals surface area contributed by atoms with Gasteiger partial charge >= 0.3 is 0 Å². The molecule has 0 heterocycles. The number of rotatable bonds is 8. The molecular weight excluding hydrogens is 464 g/mol. The molecule has 9 heteroatoms. The Labute approximate surface area is 182 Å². The zero-order valence-electron chi connectivity index (χ0n) is 16.3. The summed E-state index contributed by atoms with van der Waals surface area (Å²) in [5.41, 5.74) is 5.00. The van der Waals surface area contributed by atoms with Gasteiger partial charge in [0.2, 0.25) is 0 Å². The minimum Gasteiger partial charge on any atom is -0.493 e. The van der Waals surface area contributed by atoms with E-state index in [2.05, 4.69) is 26.8 Å². The Bertz CT molecular complexity index is 878. The molecule has 2 N–H and O–H groups in total. The number of nitrogens with one attached hydrogen (secondary N) is 2. The first kappa shape index (κ1) is 22.8. The van der Waals surface area contributed by atoms with Gasteiger partial charge in [0, 0.05) is 10.6 Å². The number of hydrazine groups is 1. The van der Waals surface area contributed by atoms with Crippen molar-refractivity contribution in [3.05, 3.63) is 51.5 Å². The second-order valence-corrected chi connectivity index (χ2v) is 7.28. The zero-order valence-corrected chi connectivity index (χ0v) is 18.6. The van der Waals surface area contributed by atoms with Gasteiger partial charge in [-0.15, -0.1) is 0 Å². The van der Waals surface area contributed by atoms with Crippen LogP contribution in [0.25, 0.3) is 0 Å². The molecule has 0 spiro atoms. The summed E-state index contributed by atoms with van der Waals surface area (Å²) >= 11 is 9.21. The molecule has 0 radical (unpaired) electrons. The van der Waals surface area contributed by atoms with Crippen LogP contribution < -0.4 is 25.1 Å². The molecule has 0 aliphatic rings. The highest BCUT2D eigenvalue weighted by Crippen LogP contribution is 2.29. The van der Waals surface area contributed by atoms with Gasteiger partial charge in [-0.05, 0) is 65.7 Å². The van der Waals surface area contributed by atoms with E-state index < -0.39 is 17.9 Å². The van der Waals surface area contributed by atoms with Crippen molar-refractivity contribution >= 4 is 39.3 Å². The second-order valence-electron chi connectivity index (χ2n) is 5.99. The monoisotopic (exact) mass is 484 g/mol. The molecule has 0 aliphatic heterocycles. The summed E-state index contributed by atoms with van der Waals surface area (Å²) in [6, 6.07) is 9.72. The molecule has 2 aromatic carbocycles. The Balaban J connectivity index is 1.94. The van der Waals surface area contributed by atoms with Gasteiger partial charge in [-0.3, -0.25) is 20.4 Å². The third-order valence-electron chi connectivity index (χ3n) is 3.75. The molecule has 0 saturated carbocycles. The third kappa shape index (κ3) is 6.54. The number of amides is 2. The van der Waals surface area contributed by atoms with Gasteiger partial charge in [0.1, 0.15) is 5.75 Å². The van der Waals surface area contributed by atoms with Crippen molar-refractivity contribution in [2.45, 2.75) is 26.4 Å². The number of hydrogen-bond acceptors (Lipinski definition) is 5. The molecule has 156 valence electrons. The largest absolute Gasteiger partial charge is 0.493 e. The van der Waals surface area contributed by atoms with Crippen molar-refractivity contribution in [1.82, 2.24) is 10.9 Å². The molecule has 0 fully saturated rings. The van der Waals surface area contributed by atoms with Gasteiger partial charge in [-0.1, -0.05) is 18.5 Å². The van der Waals surface area contributed by atoms with Crippen LogP contribution in [-0.4, -0.2) is 31.6 Å². The molecule has 2 aromatic rings. The van der Waals surface area contributed by atoms with Crippen LogP contribution in [0, 0.1) is 0 Å². The first-order chi connectivity index (χ1) is 13.8. The number of ether oxygens (including phenoxy) is 3. The third-order valence-corrected chi connectivity index (χ3v) is 4.61. The number of methoxy groups -OCH3 is 1. The Morgan fingerprint density at radius 1 is 1.10 bits per heavy atom. The fourth-order valence-electron chi connectivity index (χ4n) is 2.25. The lowest BCUT2D eigenvalue weighted by atomic mass is 10.2. The quantitative estimate of drug-likeness (QED) is 0.549. The highest BCUT2D eigenvalue weighted by atomic mass is 79.9. The van der Waals surface area contributed by atoms with E-state index in [1.165, 1.54) is 13.2 Å². The number of carbonyl (C=O) groups excluding carboxylic acids is 2. The number of benzene rings is 2. The molecule has 0 aliphatic carbocycles. The lowest BCUT2D eigenvalue weighted by molar-refractivity contribution is -0.128. The maximum atomic E-state index is 12.3. The van der Waals surface area contributed by atoms with E-state index in [1.54, 1.807) is 37.3 Å². The predicted molar refractivity (Wildman–Crippen MR) is 114 cm³/mol. The minimum absolute atomic E-state index is 0.306. The first-order valence-electron chi connectivity index (χ1n) is 8.88. The van der Waals surface area contributed by atoms with Crippen molar-refractivity contribution < 1.29 is 23.8 Å². The summed E-state index contributed by atoms with van der Waals surface area (Å²) in [5, 5.41) is 0.537. The van der Waals surface area contributed by atoms with Crippen molar-refractivity contribution in [2.24, 2.45) is 0 Å². The van der Waals surface area contributed by atoms with Crippen LogP contribution in [0.3, 0.4) is 0 Å². The Morgan fingerprint density at radius 3 is 2.48 bits per heavy atom. The number of hydrogen-bond donors (Lipinski definition) is 2. The maximum Gasteiger partial charge on any atom is 0.279 e. The van der Waals surface area contributed by atoms with Crippen LogP contribution in [0.15, 0.2) is 40.9 Å². The molecule has 29 heavy (non-hydrogen) atoms. The molecule has 0 aromatic heterocycles. The topological polar surface area (TPSA) is 85.9 Å². The zero-order chi connectivity index (χ0) is 21.4. The summed E-state index contributed by atoms with van der Waals surface area (Å²) in [6.07, 6.45) is -0.00305. The molecule has 7 nitrogen and oxygen atoms in total. The highest BCUT2D eigenvalue weighted by molar-refractivity contribution is 9.10. The SMILES string of the molecule is CCCOc1ccc(C(=O)NNC(=O)C(C)Oc2ccc(Cl)cc2Br)cc1OC. The van der Waals surface area contributed by atoms with Gasteiger partial charge in [0.25, 0.3) is 11.8 Å². The van der Waals surface area contributed by atoms with Gasteiger partial charge in [-0.25, -0.2) is 0 Å². The van der Waals surface area contributed by atoms with Crippen LogP contribution in [-0.2, 0) is 4.79 Å².